The monoisotopic (exact) mass is 278 g/mol. The van der Waals surface area contributed by atoms with E-state index in [4.69, 9.17) is 11.6 Å². The Bertz CT molecular complexity index is 491. The zero-order valence-electron chi connectivity index (χ0n) is 11.2. The third kappa shape index (κ3) is 2.26. The van der Waals surface area contributed by atoms with E-state index in [1.165, 1.54) is 12.8 Å². The molecule has 102 valence electrons. The molecule has 0 spiro atoms. The number of hydrogen-bond acceptors (Lipinski definition) is 3. The Morgan fingerprint density at radius 3 is 2.84 bits per heavy atom. The highest BCUT2D eigenvalue weighted by molar-refractivity contribution is 6.33. The maximum Gasteiger partial charge on any atom is 0.152 e. The predicted octanol–water partition coefficient (Wildman–Crippen LogP) is 2.83. The van der Waals surface area contributed by atoms with Crippen LogP contribution in [0.15, 0.2) is 18.2 Å². The van der Waals surface area contributed by atoms with E-state index < -0.39 is 0 Å². The Kier molecular flexibility index (Phi) is 3.50. The van der Waals surface area contributed by atoms with Gasteiger partial charge >= 0.3 is 0 Å². The first-order valence-electron chi connectivity index (χ1n) is 6.91. The second kappa shape index (κ2) is 5.14. The van der Waals surface area contributed by atoms with Gasteiger partial charge in [-0.15, -0.1) is 0 Å². The van der Waals surface area contributed by atoms with Gasteiger partial charge in [-0.05, 0) is 38.4 Å². The van der Waals surface area contributed by atoms with Crippen molar-refractivity contribution in [1.82, 2.24) is 4.90 Å². The first-order chi connectivity index (χ1) is 9.20. The summed E-state index contributed by atoms with van der Waals surface area (Å²) in [7, 11) is 2.22. The molecular formula is C15H19ClN2O. The molecule has 2 heterocycles. The smallest absolute Gasteiger partial charge is 0.152 e. The van der Waals surface area contributed by atoms with Crippen LogP contribution < -0.4 is 4.90 Å². The van der Waals surface area contributed by atoms with E-state index in [9.17, 15) is 4.79 Å². The largest absolute Gasteiger partial charge is 0.368 e. The molecule has 0 amide bonds. The van der Waals surface area contributed by atoms with Crippen LogP contribution in [0.4, 0.5) is 5.69 Å². The molecule has 2 atom stereocenters. The van der Waals surface area contributed by atoms with Crippen molar-refractivity contribution in [2.75, 3.05) is 25.0 Å². The maximum absolute atomic E-state index is 11.2. The molecule has 0 aliphatic carbocycles. The fourth-order valence-electron chi connectivity index (χ4n) is 3.47. The molecule has 2 fully saturated rings. The summed E-state index contributed by atoms with van der Waals surface area (Å²) in [4.78, 5) is 16.0. The number of benzene rings is 1. The molecule has 4 heteroatoms. The van der Waals surface area contributed by atoms with Crippen molar-refractivity contribution >= 4 is 23.6 Å². The normalized spacial score (nSPS) is 27.4. The van der Waals surface area contributed by atoms with Crippen LogP contribution in [-0.4, -0.2) is 43.4 Å². The molecule has 2 saturated heterocycles. The summed E-state index contributed by atoms with van der Waals surface area (Å²) in [5.74, 6) is 0. The topological polar surface area (TPSA) is 23.6 Å². The Hall–Kier alpha value is -1.06. The molecule has 0 radical (unpaired) electrons. The third-order valence-electron chi connectivity index (χ3n) is 4.61. The minimum Gasteiger partial charge on any atom is -0.368 e. The average molecular weight is 279 g/mol. The van der Waals surface area contributed by atoms with E-state index in [1.54, 1.807) is 0 Å². The number of rotatable bonds is 2. The molecule has 2 bridgehead atoms. The zero-order chi connectivity index (χ0) is 13.4. The van der Waals surface area contributed by atoms with Crippen molar-refractivity contribution in [3.05, 3.63) is 28.8 Å². The van der Waals surface area contributed by atoms with Gasteiger partial charge in [-0.3, -0.25) is 9.69 Å². The number of anilines is 1. The second-order valence-electron chi connectivity index (χ2n) is 5.58. The van der Waals surface area contributed by atoms with Crippen LogP contribution in [-0.2, 0) is 0 Å². The van der Waals surface area contributed by atoms with Crippen molar-refractivity contribution < 1.29 is 4.79 Å². The predicted molar refractivity (Wildman–Crippen MR) is 78.2 cm³/mol. The Morgan fingerprint density at radius 2 is 2.05 bits per heavy atom. The summed E-state index contributed by atoms with van der Waals surface area (Å²) >= 11 is 6.32. The summed E-state index contributed by atoms with van der Waals surface area (Å²) in [6.07, 6.45) is 4.61. The van der Waals surface area contributed by atoms with Crippen LogP contribution in [0.5, 0.6) is 0 Å². The quantitative estimate of drug-likeness (QED) is 0.777. The van der Waals surface area contributed by atoms with Gasteiger partial charge in [0.15, 0.2) is 6.29 Å². The van der Waals surface area contributed by atoms with Crippen molar-refractivity contribution in [1.29, 1.82) is 0 Å². The van der Waals surface area contributed by atoms with Crippen LogP contribution in [0.2, 0.25) is 5.02 Å². The minimum atomic E-state index is 0.586. The number of carbonyl (C=O) groups excluding carboxylic acids is 1. The fraction of sp³-hybridized carbons (Fsp3) is 0.533. The molecule has 2 aliphatic heterocycles. The van der Waals surface area contributed by atoms with Gasteiger partial charge in [-0.1, -0.05) is 17.7 Å². The molecule has 3 rings (SSSR count). The van der Waals surface area contributed by atoms with Crippen LogP contribution in [0, 0.1) is 0 Å². The van der Waals surface area contributed by atoms with Gasteiger partial charge in [0, 0.05) is 30.7 Å². The van der Waals surface area contributed by atoms with E-state index in [0.29, 0.717) is 22.7 Å². The van der Waals surface area contributed by atoms with Gasteiger partial charge in [0.1, 0.15) is 0 Å². The van der Waals surface area contributed by atoms with E-state index >= 15 is 0 Å². The number of hydrogen-bond donors (Lipinski definition) is 0. The van der Waals surface area contributed by atoms with Crippen LogP contribution >= 0.6 is 11.6 Å². The standard InChI is InChI=1S/C15H19ClN2O/c1-17-12-5-6-13(17)9-18(8-7-12)15-11(10-19)3-2-4-14(15)16/h2-4,10,12-13H,5-9H2,1H3. The van der Waals surface area contributed by atoms with E-state index in [2.05, 4.69) is 16.8 Å². The highest BCUT2D eigenvalue weighted by Crippen LogP contribution is 2.35. The van der Waals surface area contributed by atoms with Crippen molar-refractivity contribution in [3.63, 3.8) is 0 Å². The molecule has 1 aromatic rings. The highest BCUT2D eigenvalue weighted by atomic mass is 35.5. The van der Waals surface area contributed by atoms with Crippen molar-refractivity contribution in [3.8, 4) is 0 Å². The van der Waals surface area contributed by atoms with Crippen molar-refractivity contribution in [2.45, 2.75) is 31.3 Å². The second-order valence-corrected chi connectivity index (χ2v) is 5.99. The molecule has 2 unspecified atom stereocenters. The minimum absolute atomic E-state index is 0.586. The van der Waals surface area contributed by atoms with Gasteiger partial charge in [0.25, 0.3) is 0 Å². The van der Waals surface area contributed by atoms with Gasteiger partial charge in [-0.2, -0.15) is 0 Å². The molecule has 0 N–H and O–H groups in total. The Morgan fingerprint density at radius 1 is 1.26 bits per heavy atom. The number of halogens is 1. The molecule has 0 saturated carbocycles. The zero-order valence-corrected chi connectivity index (χ0v) is 11.9. The average Bonchev–Trinajstić information content (AvgIpc) is 2.64. The lowest BCUT2D eigenvalue weighted by molar-refractivity contribution is 0.112. The molecule has 0 aromatic heterocycles. The van der Waals surface area contributed by atoms with Crippen LogP contribution in [0.25, 0.3) is 0 Å². The maximum atomic E-state index is 11.2. The van der Waals surface area contributed by atoms with Gasteiger partial charge < -0.3 is 4.90 Å². The molecular weight excluding hydrogens is 260 g/mol. The summed E-state index contributed by atoms with van der Waals surface area (Å²) in [5.41, 5.74) is 1.62. The summed E-state index contributed by atoms with van der Waals surface area (Å²) < 4.78 is 0. The Balaban J connectivity index is 1.93. The summed E-state index contributed by atoms with van der Waals surface area (Å²) in [6.45, 7) is 1.95. The van der Waals surface area contributed by atoms with Crippen LogP contribution in [0.3, 0.4) is 0 Å². The molecule has 1 aromatic carbocycles. The molecule has 19 heavy (non-hydrogen) atoms. The third-order valence-corrected chi connectivity index (χ3v) is 4.91. The van der Waals surface area contributed by atoms with Gasteiger partial charge in [0.2, 0.25) is 0 Å². The van der Waals surface area contributed by atoms with Gasteiger partial charge in [-0.25, -0.2) is 0 Å². The summed E-state index contributed by atoms with van der Waals surface area (Å²) in [5, 5.41) is 0.685. The van der Waals surface area contributed by atoms with Gasteiger partial charge in [0.05, 0.1) is 10.7 Å². The number of carbonyl (C=O) groups is 1. The lowest BCUT2D eigenvalue weighted by Crippen LogP contribution is -2.37. The lowest BCUT2D eigenvalue weighted by atomic mass is 10.1. The number of fused-ring (bicyclic) bond motifs is 2. The lowest BCUT2D eigenvalue weighted by Gasteiger charge is -2.29. The first-order valence-corrected chi connectivity index (χ1v) is 7.29. The fourth-order valence-corrected chi connectivity index (χ4v) is 3.77. The number of likely N-dealkylation sites (N-methyl/N-ethyl adjacent to an activating group) is 1. The number of aldehydes is 1. The van der Waals surface area contributed by atoms with E-state index in [1.807, 2.05) is 18.2 Å². The van der Waals surface area contributed by atoms with E-state index in [0.717, 1.165) is 31.5 Å². The number of nitrogens with zero attached hydrogens (tertiary/aromatic N) is 2. The summed E-state index contributed by atoms with van der Waals surface area (Å²) in [6, 6.07) is 6.84. The first kappa shape index (κ1) is 12.9. The van der Waals surface area contributed by atoms with E-state index in [-0.39, 0.29) is 0 Å². The van der Waals surface area contributed by atoms with Crippen LogP contribution in [0.1, 0.15) is 29.6 Å². The number of para-hydroxylation sites is 1. The Labute approximate surface area is 119 Å². The SMILES string of the molecule is CN1C2CCC1CN(c1c(Cl)cccc1C=O)CC2. The molecule has 3 nitrogen and oxygen atoms in total. The molecule has 2 aliphatic rings. The van der Waals surface area contributed by atoms with Crippen molar-refractivity contribution in [2.24, 2.45) is 0 Å². The highest BCUT2D eigenvalue weighted by Gasteiger charge is 2.35.